The van der Waals surface area contributed by atoms with Gasteiger partial charge in [0.05, 0.1) is 0 Å². The zero-order valence-corrected chi connectivity index (χ0v) is 6.07. The van der Waals surface area contributed by atoms with Gasteiger partial charge in [-0.3, -0.25) is 20.0 Å². The van der Waals surface area contributed by atoms with Crippen LogP contribution < -0.4 is 5.48 Å². The van der Waals surface area contributed by atoms with Crippen LogP contribution in [0, 0.1) is 0 Å². The average Bonchev–Trinajstić information content (AvgIpc) is 1.99. The minimum Gasteiger partial charge on any atom is -0.289 e. The zero-order valence-electron chi connectivity index (χ0n) is 6.07. The van der Waals surface area contributed by atoms with E-state index in [4.69, 9.17) is 10.4 Å². The van der Waals surface area contributed by atoms with Crippen LogP contribution in [0.2, 0.25) is 0 Å². The smallest absolute Gasteiger partial charge is 0.246 e. The molecule has 0 radical (unpaired) electrons. The van der Waals surface area contributed by atoms with Crippen LogP contribution in [0.4, 0.5) is 0 Å². The van der Waals surface area contributed by atoms with Crippen molar-refractivity contribution in [1.29, 1.82) is 0 Å². The fourth-order valence-electron chi connectivity index (χ4n) is 0.438. The van der Waals surface area contributed by atoms with Crippen molar-refractivity contribution in [3.05, 3.63) is 0 Å². The second-order valence-corrected chi connectivity index (χ2v) is 1.95. The zero-order chi connectivity index (χ0) is 8.85. The summed E-state index contributed by atoms with van der Waals surface area (Å²) < 4.78 is 0. The molecule has 11 heavy (non-hydrogen) atoms. The van der Waals surface area contributed by atoms with Gasteiger partial charge in [0.1, 0.15) is 0 Å². The number of rotatable bonds is 3. The number of nitrogens with one attached hydrogen (secondary N) is 1. The van der Waals surface area contributed by atoms with Gasteiger partial charge in [-0.05, 0) is 0 Å². The topological polar surface area (TPSA) is 89.9 Å². The van der Waals surface area contributed by atoms with E-state index < -0.39 is 11.8 Å². The molecular formula is C5H10N2O4. The summed E-state index contributed by atoms with van der Waals surface area (Å²) in [5.41, 5.74) is 1.37. The highest BCUT2D eigenvalue weighted by Gasteiger charge is 2.07. The first-order valence-corrected chi connectivity index (χ1v) is 2.96. The van der Waals surface area contributed by atoms with Crippen molar-refractivity contribution in [2.24, 2.45) is 0 Å². The van der Waals surface area contributed by atoms with Crippen molar-refractivity contribution in [3.63, 3.8) is 0 Å². The molecule has 2 amide bonds. The Kier molecular flexibility index (Phi) is 4.16. The van der Waals surface area contributed by atoms with Gasteiger partial charge in [-0.25, -0.2) is 10.5 Å². The molecule has 0 saturated carbocycles. The van der Waals surface area contributed by atoms with Gasteiger partial charge in [0, 0.05) is 19.9 Å². The van der Waals surface area contributed by atoms with Gasteiger partial charge < -0.3 is 0 Å². The number of carbonyl (C=O) groups excluding carboxylic acids is 2. The Balaban J connectivity index is 3.54. The summed E-state index contributed by atoms with van der Waals surface area (Å²) in [6, 6.07) is 0. The van der Waals surface area contributed by atoms with E-state index in [1.165, 1.54) is 12.5 Å². The third-order valence-electron chi connectivity index (χ3n) is 1.05. The van der Waals surface area contributed by atoms with Crippen LogP contribution in [0.5, 0.6) is 0 Å². The van der Waals surface area contributed by atoms with Gasteiger partial charge in [0.2, 0.25) is 11.8 Å². The van der Waals surface area contributed by atoms with E-state index in [1.807, 2.05) is 0 Å². The van der Waals surface area contributed by atoms with Crippen molar-refractivity contribution in [2.75, 3.05) is 7.05 Å². The lowest BCUT2D eigenvalue weighted by molar-refractivity contribution is -0.160. The molecule has 0 atom stereocenters. The van der Waals surface area contributed by atoms with Crippen LogP contribution >= 0.6 is 0 Å². The van der Waals surface area contributed by atoms with E-state index in [-0.39, 0.29) is 12.8 Å². The first-order valence-electron chi connectivity index (χ1n) is 2.96. The molecule has 0 aliphatic carbocycles. The fraction of sp³-hybridized carbons (Fsp3) is 0.600. The SMILES string of the molecule is CN(O)C(=O)CCC(=O)NO. The lowest BCUT2D eigenvalue weighted by Crippen LogP contribution is -2.25. The predicted octanol–water partition coefficient (Wildman–Crippen LogP) is -0.880. The highest BCUT2D eigenvalue weighted by Crippen LogP contribution is 1.91. The molecule has 0 aromatic carbocycles. The van der Waals surface area contributed by atoms with E-state index in [2.05, 4.69) is 0 Å². The summed E-state index contributed by atoms with van der Waals surface area (Å²) in [6.07, 6.45) is -0.264. The molecule has 0 aromatic rings. The molecule has 0 heterocycles. The van der Waals surface area contributed by atoms with E-state index in [0.717, 1.165) is 0 Å². The first-order chi connectivity index (χ1) is 5.07. The molecule has 0 fully saturated rings. The summed E-state index contributed by atoms with van der Waals surface area (Å²) in [6.45, 7) is 0. The van der Waals surface area contributed by atoms with Gasteiger partial charge in [-0.15, -0.1) is 0 Å². The van der Waals surface area contributed by atoms with Gasteiger partial charge in [0.25, 0.3) is 0 Å². The maximum absolute atomic E-state index is 10.6. The van der Waals surface area contributed by atoms with Crippen LogP contribution in [0.25, 0.3) is 0 Å². The summed E-state index contributed by atoms with van der Waals surface area (Å²) in [4.78, 5) is 20.9. The highest BCUT2D eigenvalue weighted by atomic mass is 16.5. The monoisotopic (exact) mass is 162 g/mol. The molecule has 6 nitrogen and oxygen atoms in total. The lowest BCUT2D eigenvalue weighted by Gasteiger charge is -2.06. The maximum atomic E-state index is 10.6. The van der Waals surface area contributed by atoms with Gasteiger partial charge in [-0.2, -0.15) is 0 Å². The van der Waals surface area contributed by atoms with Crippen LogP contribution in [0.15, 0.2) is 0 Å². The van der Waals surface area contributed by atoms with E-state index in [1.54, 1.807) is 0 Å². The molecule has 3 N–H and O–H groups in total. The number of amides is 2. The summed E-state index contributed by atoms with van der Waals surface area (Å²) in [7, 11) is 1.17. The number of hydroxylamine groups is 3. The quantitative estimate of drug-likeness (QED) is 0.371. The third-order valence-corrected chi connectivity index (χ3v) is 1.05. The van der Waals surface area contributed by atoms with Crippen LogP contribution in [-0.4, -0.2) is 34.3 Å². The number of hydrogen-bond acceptors (Lipinski definition) is 4. The van der Waals surface area contributed by atoms with Gasteiger partial charge >= 0.3 is 0 Å². The number of carbonyl (C=O) groups is 2. The van der Waals surface area contributed by atoms with Crippen molar-refractivity contribution in [3.8, 4) is 0 Å². The molecule has 0 bridgehead atoms. The molecule has 6 heteroatoms. The van der Waals surface area contributed by atoms with Crippen molar-refractivity contribution >= 4 is 11.8 Å². The Morgan fingerprint density at radius 2 is 2.00 bits per heavy atom. The fourth-order valence-corrected chi connectivity index (χ4v) is 0.438. The molecule has 0 aliphatic rings. The molecule has 0 aliphatic heterocycles. The van der Waals surface area contributed by atoms with Crippen molar-refractivity contribution < 1.29 is 20.0 Å². The summed E-state index contributed by atoms with van der Waals surface area (Å²) in [5, 5.41) is 16.9. The Labute approximate surface area is 63.3 Å². The normalized spacial score (nSPS) is 9.00. The minimum atomic E-state index is -0.653. The molecule has 0 aromatic heterocycles. The first kappa shape index (κ1) is 9.86. The van der Waals surface area contributed by atoms with Crippen molar-refractivity contribution in [1.82, 2.24) is 10.5 Å². The Morgan fingerprint density at radius 1 is 1.45 bits per heavy atom. The summed E-state index contributed by atoms with van der Waals surface area (Å²) >= 11 is 0. The van der Waals surface area contributed by atoms with E-state index >= 15 is 0 Å². The lowest BCUT2D eigenvalue weighted by atomic mass is 10.3. The van der Waals surface area contributed by atoms with Gasteiger partial charge in [0.15, 0.2) is 0 Å². The molecule has 64 valence electrons. The maximum Gasteiger partial charge on any atom is 0.246 e. The molecule has 0 saturated heterocycles. The standard InChI is InChI=1S/C5H10N2O4/c1-7(11)5(9)3-2-4(8)6-10/h10-11H,2-3H2,1H3,(H,6,8). The van der Waals surface area contributed by atoms with Gasteiger partial charge in [-0.1, -0.05) is 0 Å². The number of nitrogens with zero attached hydrogens (tertiary/aromatic N) is 1. The Bertz CT molecular complexity index is 157. The molecule has 0 unspecified atom stereocenters. The average molecular weight is 162 g/mol. The van der Waals surface area contributed by atoms with Crippen LogP contribution in [0.1, 0.15) is 12.8 Å². The molecule has 0 spiro atoms. The second-order valence-electron chi connectivity index (χ2n) is 1.95. The van der Waals surface area contributed by atoms with E-state index in [0.29, 0.717) is 5.06 Å². The molecular weight excluding hydrogens is 152 g/mol. The minimum absolute atomic E-state index is 0.126. The third kappa shape index (κ3) is 4.29. The highest BCUT2D eigenvalue weighted by molar-refractivity contribution is 5.82. The van der Waals surface area contributed by atoms with Crippen LogP contribution in [0.3, 0.4) is 0 Å². The van der Waals surface area contributed by atoms with Crippen LogP contribution in [-0.2, 0) is 9.59 Å². The predicted molar refractivity (Wildman–Crippen MR) is 33.7 cm³/mol. The largest absolute Gasteiger partial charge is 0.289 e. The summed E-state index contributed by atoms with van der Waals surface area (Å²) in [5.74, 6) is -1.23. The van der Waals surface area contributed by atoms with Crippen molar-refractivity contribution in [2.45, 2.75) is 12.8 Å². The molecule has 0 rings (SSSR count). The Hall–Kier alpha value is -1.14. The number of hydrogen-bond donors (Lipinski definition) is 3. The second kappa shape index (κ2) is 4.64. The van der Waals surface area contributed by atoms with E-state index in [9.17, 15) is 9.59 Å². The Morgan fingerprint density at radius 3 is 2.36 bits per heavy atom.